The summed E-state index contributed by atoms with van der Waals surface area (Å²) in [7, 11) is 0. The summed E-state index contributed by atoms with van der Waals surface area (Å²) in [5.41, 5.74) is 5.37. The van der Waals surface area contributed by atoms with Gasteiger partial charge in [-0.25, -0.2) is 4.98 Å². The van der Waals surface area contributed by atoms with Gasteiger partial charge in [0.2, 0.25) is 0 Å². The molecule has 0 spiro atoms. The number of nitrogens with one attached hydrogen (secondary N) is 3. The Bertz CT molecular complexity index is 349. The van der Waals surface area contributed by atoms with Gasteiger partial charge in [-0.15, -0.1) is 0 Å². The van der Waals surface area contributed by atoms with Gasteiger partial charge in [0.05, 0.1) is 6.33 Å². The summed E-state index contributed by atoms with van der Waals surface area (Å²) in [6.07, 6.45) is 2.30. The van der Waals surface area contributed by atoms with Crippen LogP contribution in [0.15, 0.2) is 11.1 Å². The number of hydrogen-bond acceptors (Lipinski definition) is 5. The molecule has 1 heterocycles. The maximum absolute atomic E-state index is 11.1. The third-order valence-electron chi connectivity index (χ3n) is 1.96. The van der Waals surface area contributed by atoms with Crippen LogP contribution in [0.25, 0.3) is 0 Å². The Balaban J connectivity index is 2.38. The lowest BCUT2D eigenvalue weighted by molar-refractivity contribution is 0.688. The minimum Gasteiger partial charge on any atom is -0.391 e. The van der Waals surface area contributed by atoms with E-state index in [9.17, 15) is 4.79 Å². The van der Waals surface area contributed by atoms with Crippen LogP contribution in [-0.4, -0.2) is 29.6 Å². The molecule has 0 fully saturated rings. The summed E-state index contributed by atoms with van der Waals surface area (Å²) in [4.78, 5) is 17.5. The number of anilines is 2. The highest BCUT2D eigenvalue weighted by atomic mass is 16.1. The fourth-order valence-corrected chi connectivity index (χ4v) is 1.15. The minimum absolute atomic E-state index is 0.140. The van der Waals surface area contributed by atoms with Crippen molar-refractivity contribution >= 4 is 11.5 Å². The molecule has 1 aromatic rings. The highest BCUT2D eigenvalue weighted by Crippen LogP contribution is 2.06. The molecular formula is C9H17N5O. The minimum atomic E-state index is -0.306. The Morgan fingerprint density at radius 3 is 3.07 bits per heavy atom. The first-order valence-corrected chi connectivity index (χ1v) is 5.03. The van der Waals surface area contributed by atoms with Gasteiger partial charge in [0.15, 0.2) is 5.82 Å². The van der Waals surface area contributed by atoms with E-state index in [4.69, 9.17) is 5.73 Å². The van der Waals surface area contributed by atoms with E-state index in [2.05, 4.69) is 27.5 Å². The predicted molar refractivity (Wildman–Crippen MR) is 60.9 cm³/mol. The summed E-state index contributed by atoms with van der Waals surface area (Å²) >= 11 is 0. The Morgan fingerprint density at radius 1 is 1.53 bits per heavy atom. The van der Waals surface area contributed by atoms with Gasteiger partial charge in [-0.3, -0.25) is 4.79 Å². The van der Waals surface area contributed by atoms with Crippen molar-refractivity contribution in [1.82, 2.24) is 15.3 Å². The number of nitrogens with zero attached hydrogens (tertiary/aromatic N) is 1. The molecule has 0 aliphatic heterocycles. The summed E-state index contributed by atoms with van der Waals surface area (Å²) in [5, 5.41) is 6.22. The third-order valence-corrected chi connectivity index (χ3v) is 1.96. The van der Waals surface area contributed by atoms with E-state index in [1.54, 1.807) is 0 Å². The zero-order valence-corrected chi connectivity index (χ0v) is 8.84. The van der Waals surface area contributed by atoms with Crippen LogP contribution in [0, 0.1) is 0 Å². The second kappa shape index (κ2) is 6.02. The smallest absolute Gasteiger partial charge is 0.276 e. The SMILES string of the molecule is CCNCCCNc1nc[nH]c(=O)c1N. The van der Waals surface area contributed by atoms with E-state index in [1.165, 1.54) is 6.33 Å². The second-order valence-electron chi connectivity index (χ2n) is 3.13. The molecule has 6 heteroatoms. The number of aromatic nitrogens is 2. The highest BCUT2D eigenvalue weighted by Gasteiger charge is 2.02. The van der Waals surface area contributed by atoms with Crippen molar-refractivity contribution in [2.45, 2.75) is 13.3 Å². The topological polar surface area (TPSA) is 95.8 Å². The number of rotatable bonds is 6. The van der Waals surface area contributed by atoms with E-state index >= 15 is 0 Å². The lowest BCUT2D eigenvalue weighted by Gasteiger charge is -2.06. The highest BCUT2D eigenvalue weighted by molar-refractivity contribution is 5.58. The maximum Gasteiger partial charge on any atom is 0.276 e. The van der Waals surface area contributed by atoms with Crippen LogP contribution in [0.4, 0.5) is 11.5 Å². The molecule has 0 saturated heterocycles. The van der Waals surface area contributed by atoms with Crippen molar-refractivity contribution in [3.05, 3.63) is 16.7 Å². The normalized spacial score (nSPS) is 10.2. The van der Waals surface area contributed by atoms with Gasteiger partial charge in [0.1, 0.15) is 5.69 Å². The molecule has 0 unspecified atom stereocenters. The van der Waals surface area contributed by atoms with Gasteiger partial charge in [-0.05, 0) is 19.5 Å². The van der Waals surface area contributed by atoms with E-state index < -0.39 is 0 Å². The molecular weight excluding hydrogens is 194 g/mol. The van der Waals surface area contributed by atoms with Crippen molar-refractivity contribution < 1.29 is 0 Å². The van der Waals surface area contributed by atoms with Gasteiger partial charge in [-0.2, -0.15) is 0 Å². The Morgan fingerprint density at radius 2 is 2.33 bits per heavy atom. The van der Waals surface area contributed by atoms with Crippen LogP contribution in [0.3, 0.4) is 0 Å². The van der Waals surface area contributed by atoms with Gasteiger partial charge in [0.25, 0.3) is 5.56 Å². The van der Waals surface area contributed by atoms with Crippen LogP contribution in [-0.2, 0) is 0 Å². The fourth-order valence-electron chi connectivity index (χ4n) is 1.15. The molecule has 0 amide bonds. The van der Waals surface area contributed by atoms with Gasteiger partial charge < -0.3 is 21.4 Å². The molecule has 84 valence electrons. The Kier molecular flexibility index (Phi) is 4.62. The van der Waals surface area contributed by atoms with Crippen molar-refractivity contribution in [2.24, 2.45) is 0 Å². The summed E-state index contributed by atoms with van der Waals surface area (Å²) < 4.78 is 0. The van der Waals surface area contributed by atoms with Crippen LogP contribution in [0.2, 0.25) is 0 Å². The molecule has 1 aromatic heterocycles. The van der Waals surface area contributed by atoms with Crippen LogP contribution in [0.5, 0.6) is 0 Å². The number of aromatic amines is 1. The van der Waals surface area contributed by atoms with Crippen LogP contribution in [0.1, 0.15) is 13.3 Å². The Hall–Kier alpha value is -1.56. The zero-order chi connectivity index (χ0) is 11.1. The quantitative estimate of drug-likeness (QED) is 0.487. The van der Waals surface area contributed by atoms with Crippen molar-refractivity contribution in [2.75, 3.05) is 30.7 Å². The molecule has 5 N–H and O–H groups in total. The maximum atomic E-state index is 11.1. The molecule has 0 saturated carbocycles. The zero-order valence-electron chi connectivity index (χ0n) is 8.84. The first kappa shape index (κ1) is 11.5. The average molecular weight is 211 g/mol. The summed E-state index contributed by atoms with van der Waals surface area (Å²) in [5.74, 6) is 0.454. The second-order valence-corrected chi connectivity index (χ2v) is 3.13. The van der Waals surface area contributed by atoms with Crippen LogP contribution >= 0.6 is 0 Å². The number of H-pyrrole nitrogens is 1. The molecule has 0 radical (unpaired) electrons. The van der Waals surface area contributed by atoms with Gasteiger partial charge >= 0.3 is 0 Å². The summed E-state index contributed by atoms with van der Waals surface area (Å²) in [6, 6.07) is 0. The number of nitrogens with two attached hydrogens (primary N) is 1. The van der Waals surface area contributed by atoms with Crippen molar-refractivity contribution in [3.63, 3.8) is 0 Å². The lowest BCUT2D eigenvalue weighted by Crippen LogP contribution is -2.20. The lowest BCUT2D eigenvalue weighted by atomic mass is 10.4. The fraction of sp³-hybridized carbons (Fsp3) is 0.556. The van der Waals surface area contributed by atoms with E-state index in [0.29, 0.717) is 5.82 Å². The first-order chi connectivity index (χ1) is 7.25. The van der Waals surface area contributed by atoms with Gasteiger partial charge in [0, 0.05) is 6.54 Å². The third kappa shape index (κ3) is 3.59. The molecule has 15 heavy (non-hydrogen) atoms. The van der Waals surface area contributed by atoms with Gasteiger partial charge in [-0.1, -0.05) is 6.92 Å². The van der Waals surface area contributed by atoms with Crippen LogP contribution < -0.4 is 21.9 Å². The van der Waals surface area contributed by atoms with E-state index in [1.807, 2.05) is 0 Å². The van der Waals surface area contributed by atoms with E-state index in [-0.39, 0.29) is 11.2 Å². The summed E-state index contributed by atoms with van der Waals surface area (Å²) in [6.45, 7) is 4.70. The molecule has 0 atom stereocenters. The average Bonchev–Trinajstić information content (AvgIpc) is 2.24. The molecule has 0 aromatic carbocycles. The number of hydrogen-bond donors (Lipinski definition) is 4. The number of nitrogen functional groups attached to an aromatic ring is 1. The largest absolute Gasteiger partial charge is 0.391 e. The predicted octanol–water partition coefficient (Wildman–Crippen LogP) is -0.236. The van der Waals surface area contributed by atoms with E-state index in [0.717, 1.165) is 26.1 Å². The standard InChI is InChI=1S/C9H17N5O/c1-2-11-4-3-5-12-8-7(10)9(15)14-6-13-8/h6,11H,2-5,10H2,1H3,(H2,12,13,14,15). The molecule has 6 nitrogen and oxygen atoms in total. The monoisotopic (exact) mass is 211 g/mol. The Labute approximate surface area is 88.3 Å². The molecule has 0 aliphatic carbocycles. The molecule has 0 bridgehead atoms. The molecule has 1 rings (SSSR count). The van der Waals surface area contributed by atoms with Crippen molar-refractivity contribution in [1.29, 1.82) is 0 Å². The first-order valence-electron chi connectivity index (χ1n) is 5.03. The molecule has 0 aliphatic rings. The van der Waals surface area contributed by atoms with Crippen molar-refractivity contribution in [3.8, 4) is 0 Å².